The minimum absolute atomic E-state index is 0.492. The smallest absolute Gasteiger partial charge is 0.0291 e. The van der Waals surface area contributed by atoms with E-state index in [0.29, 0.717) is 6.04 Å². The molecular weight excluding hydrogens is 206 g/mol. The zero-order chi connectivity index (χ0) is 12.1. The van der Waals surface area contributed by atoms with Crippen LogP contribution in [0.3, 0.4) is 0 Å². The van der Waals surface area contributed by atoms with E-state index in [9.17, 15) is 0 Å². The van der Waals surface area contributed by atoms with Crippen molar-refractivity contribution in [1.29, 1.82) is 0 Å². The quantitative estimate of drug-likeness (QED) is 0.777. The van der Waals surface area contributed by atoms with E-state index >= 15 is 0 Å². The molecule has 17 heavy (non-hydrogen) atoms. The Bertz CT molecular complexity index is 324. The monoisotopic (exact) mass is 231 g/mol. The Morgan fingerprint density at radius 3 is 2.47 bits per heavy atom. The number of hydrogen-bond acceptors (Lipinski definition) is 1. The van der Waals surface area contributed by atoms with E-state index in [2.05, 4.69) is 43.4 Å². The van der Waals surface area contributed by atoms with Crippen LogP contribution < -0.4 is 5.32 Å². The highest BCUT2D eigenvalue weighted by molar-refractivity contribution is 5.24. The molecule has 0 radical (unpaired) electrons. The summed E-state index contributed by atoms with van der Waals surface area (Å²) in [5, 5.41) is 3.65. The van der Waals surface area contributed by atoms with Crippen molar-refractivity contribution in [2.45, 2.75) is 52.0 Å². The van der Waals surface area contributed by atoms with Crippen LogP contribution in [0.2, 0.25) is 0 Å². The fraction of sp³-hybridized carbons (Fsp3) is 0.625. The number of aryl methyl sites for hydroxylation is 1. The molecule has 1 unspecified atom stereocenters. The van der Waals surface area contributed by atoms with Gasteiger partial charge in [-0.3, -0.25) is 0 Å². The molecule has 1 heteroatoms. The fourth-order valence-corrected chi connectivity index (χ4v) is 2.42. The van der Waals surface area contributed by atoms with Gasteiger partial charge >= 0.3 is 0 Å². The van der Waals surface area contributed by atoms with Gasteiger partial charge in [0.25, 0.3) is 0 Å². The Hall–Kier alpha value is -0.820. The van der Waals surface area contributed by atoms with E-state index in [0.717, 1.165) is 5.92 Å². The van der Waals surface area contributed by atoms with Crippen molar-refractivity contribution in [1.82, 2.24) is 5.32 Å². The Morgan fingerprint density at radius 1 is 1.24 bits per heavy atom. The van der Waals surface area contributed by atoms with E-state index in [-0.39, 0.29) is 0 Å². The summed E-state index contributed by atoms with van der Waals surface area (Å²) in [6.07, 6.45) is 6.72. The Labute approximate surface area is 106 Å². The Morgan fingerprint density at radius 2 is 1.94 bits per heavy atom. The number of hydrogen-bond donors (Lipinski definition) is 1. The highest BCUT2D eigenvalue weighted by atomic mass is 14.9. The Balaban J connectivity index is 1.82. The molecular formula is C16H25N. The van der Waals surface area contributed by atoms with Crippen LogP contribution >= 0.6 is 0 Å². The first kappa shape index (κ1) is 12.6. The van der Waals surface area contributed by atoms with Crippen molar-refractivity contribution >= 4 is 0 Å². The SMILES string of the molecule is CCCc1ccc(C(C)NCC2CCC2)cc1. The second kappa shape index (κ2) is 6.20. The van der Waals surface area contributed by atoms with Crippen molar-refractivity contribution in [3.05, 3.63) is 35.4 Å². The van der Waals surface area contributed by atoms with E-state index in [1.807, 2.05) is 0 Å². The molecule has 1 N–H and O–H groups in total. The molecule has 0 amide bonds. The van der Waals surface area contributed by atoms with Crippen LogP contribution in [0.25, 0.3) is 0 Å². The third-order valence-electron chi connectivity index (χ3n) is 3.96. The zero-order valence-electron chi connectivity index (χ0n) is 11.2. The lowest BCUT2D eigenvalue weighted by Gasteiger charge is -2.27. The highest BCUT2D eigenvalue weighted by Crippen LogP contribution is 2.26. The van der Waals surface area contributed by atoms with Gasteiger partial charge in [-0.2, -0.15) is 0 Å². The molecule has 1 nitrogen and oxygen atoms in total. The minimum Gasteiger partial charge on any atom is -0.310 e. The molecule has 1 aliphatic rings. The predicted octanol–water partition coefficient (Wildman–Crippen LogP) is 4.09. The lowest BCUT2D eigenvalue weighted by Crippen LogP contribution is -2.29. The maximum absolute atomic E-state index is 3.65. The van der Waals surface area contributed by atoms with Gasteiger partial charge in [0.15, 0.2) is 0 Å². The van der Waals surface area contributed by atoms with Crippen molar-refractivity contribution in [3.8, 4) is 0 Å². The molecule has 2 rings (SSSR count). The van der Waals surface area contributed by atoms with Crippen molar-refractivity contribution in [3.63, 3.8) is 0 Å². The molecule has 94 valence electrons. The molecule has 1 aliphatic carbocycles. The molecule has 0 aromatic heterocycles. The second-order valence-corrected chi connectivity index (χ2v) is 5.42. The lowest BCUT2D eigenvalue weighted by molar-refractivity contribution is 0.292. The van der Waals surface area contributed by atoms with E-state index in [1.165, 1.54) is 49.8 Å². The van der Waals surface area contributed by atoms with Gasteiger partial charge < -0.3 is 5.32 Å². The van der Waals surface area contributed by atoms with Gasteiger partial charge in [0, 0.05) is 6.04 Å². The normalized spacial score (nSPS) is 17.8. The van der Waals surface area contributed by atoms with Crippen LogP contribution in [0.15, 0.2) is 24.3 Å². The van der Waals surface area contributed by atoms with Gasteiger partial charge in [-0.25, -0.2) is 0 Å². The fourth-order valence-electron chi connectivity index (χ4n) is 2.42. The Kier molecular flexibility index (Phi) is 4.61. The van der Waals surface area contributed by atoms with Crippen LogP contribution in [0.4, 0.5) is 0 Å². The van der Waals surface area contributed by atoms with Crippen LogP contribution in [-0.2, 0) is 6.42 Å². The summed E-state index contributed by atoms with van der Waals surface area (Å²) in [6.45, 7) is 5.70. The third kappa shape index (κ3) is 3.57. The standard InChI is InChI=1S/C16H25N/c1-3-5-14-8-10-16(11-9-14)13(2)17-12-15-6-4-7-15/h8-11,13,15,17H,3-7,12H2,1-2H3. The van der Waals surface area contributed by atoms with E-state index < -0.39 is 0 Å². The molecule has 1 aromatic carbocycles. The summed E-state index contributed by atoms with van der Waals surface area (Å²) in [7, 11) is 0. The molecule has 0 aliphatic heterocycles. The van der Waals surface area contributed by atoms with Crippen LogP contribution in [0.5, 0.6) is 0 Å². The average molecular weight is 231 g/mol. The summed E-state index contributed by atoms with van der Waals surface area (Å²) in [5.41, 5.74) is 2.88. The first-order valence-electron chi connectivity index (χ1n) is 7.12. The number of benzene rings is 1. The first-order chi connectivity index (χ1) is 8.29. The van der Waals surface area contributed by atoms with Crippen molar-refractivity contribution in [2.75, 3.05) is 6.54 Å². The third-order valence-corrected chi connectivity index (χ3v) is 3.96. The molecule has 0 saturated heterocycles. The molecule has 1 aromatic rings. The van der Waals surface area contributed by atoms with Gasteiger partial charge in [-0.15, -0.1) is 0 Å². The molecule has 0 heterocycles. The highest BCUT2D eigenvalue weighted by Gasteiger charge is 2.17. The lowest BCUT2D eigenvalue weighted by atomic mass is 9.85. The van der Waals surface area contributed by atoms with Crippen LogP contribution in [0.1, 0.15) is 56.7 Å². The van der Waals surface area contributed by atoms with E-state index in [1.54, 1.807) is 0 Å². The molecule has 0 spiro atoms. The summed E-state index contributed by atoms with van der Waals surface area (Å²) < 4.78 is 0. The zero-order valence-corrected chi connectivity index (χ0v) is 11.2. The maximum Gasteiger partial charge on any atom is 0.0291 e. The van der Waals surface area contributed by atoms with Crippen LogP contribution in [0, 0.1) is 5.92 Å². The van der Waals surface area contributed by atoms with Crippen molar-refractivity contribution < 1.29 is 0 Å². The van der Waals surface area contributed by atoms with Crippen LogP contribution in [-0.4, -0.2) is 6.54 Å². The molecule has 1 saturated carbocycles. The van der Waals surface area contributed by atoms with Gasteiger partial charge in [-0.05, 0) is 49.8 Å². The van der Waals surface area contributed by atoms with Gasteiger partial charge in [0.2, 0.25) is 0 Å². The van der Waals surface area contributed by atoms with E-state index in [4.69, 9.17) is 0 Å². The van der Waals surface area contributed by atoms with Gasteiger partial charge in [0.05, 0.1) is 0 Å². The first-order valence-corrected chi connectivity index (χ1v) is 7.12. The average Bonchev–Trinajstić information content (AvgIpc) is 2.28. The van der Waals surface area contributed by atoms with Gasteiger partial charge in [0.1, 0.15) is 0 Å². The maximum atomic E-state index is 3.65. The topological polar surface area (TPSA) is 12.0 Å². The molecule has 0 bridgehead atoms. The predicted molar refractivity (Wildman–Crippen MR) is 74.2 cm³/mol. The number of nitrogens with one attached hydrogen (secondary N) is 1. The largest absolute Gasteiger partial charge is 0.310 e. The van der Waals surface area contributed by atoms with Gasteiger partial charge in [-0.1, -0.05) is 44.0 Å². The summed E-state index contributed by atoms with van der Waals surface area (Å²) in [5.74, 6) is 0.941. The summed E-state index contributed by atoms with van der Waals surface area (Å²) in [6, 6.07) is 9.61. The van der Waals surface area contributed by atoms with Crippen molar-refractivity contribution in [2.24, 2.45) is 5.92 Å². The second-order valence-electron chi connectivity index (χ2n) is 5.42. The summed E-state index contributed by atoms with van der Waals surface area (Å²) in [4.78, 5) is 0. The number of rotatable bonds is 6. The molecule has 1 atom stereocenters. The molecule has 1 fully saturated rings. The minimum atomic E-state index is 0.492. The summed E-state index contributed by atoms with van der Waals surface area (Å²) >= 11 is 0.